The Labute approximate surface area is 104 Å². The molecular weight excluding hydrogens is 240 g/mol. The Morgan fingerprint density at radius 3 is 2.29 bits per heavy atom. The Kier molecular flexibility index (Phi) is 2.83. The van der Waals surface area contributed by atoms with E-state index in [9.17, 15) is 4.79 Å². The maximum absolute atomic E-state index is 11.7. The molecular formula is C12H13ClN2O2. The molecule has 0 bridgehead atoms. The van der Waals surface area contributed by atoms with Crippen LogP contribution in [-0.2, 0) is 5.41 Å². The zero-order valence-corrected chi connectivity index (χ0v) is 10.7. The molecule has 1 aromatic carbocycles. The second kappa shape index (κ2) is 4.04. The number of hydrogen-bond acceptors (Lipinski definition) is 3. The van der Waals surface area contributed by atoms with Gasteiger partial charge >= 0.3 is 5.76 Å². The highest BCUT2D eigenvalue weighted by atomic mass is 35.5. The molecule has 2 rings (SSSR count). The highest BCUT2D eigenvalue weighted by molar-refractivity contribution is 6.30. The first kappa shape index (κ1) is 11.9. The van der Waals surface area contributed by atoms with Gasteiger partial charge in [0.25, 0.3) is 0 Å². The lowest BCUT2D eigenvalue weighted by Crippen LogP contribution is -2.14. The monoisotopic (exact) mass is 252 g/mol. The van der Waals surface area contributed by atoms with Crippen LogP contribution >= 0.6 is 11.6 Å². The summed E-state index contributed by atoms with van der Waals surface area (Å²) < 4.78 is 6.36. The minimum Gasteiger partial charge on any atom is -0.391 e. The molecule has 17 heavy (non-hydrogen) atoms. The molecule has 0 spiro atoms. The van der Waals surface area contributed by atoms with Crippen molar-refractivity contribution in [3.05, 3.63) is 45.7 Å². The van der Waals surface area contributed by atoms with Crippen molar-refractivity contribution < 1.29 is 4.42 Å². The minimum atomic E-state index is -0.489. The molecule has 1 aromatic heterocycles. The first-order valence-electron chi connectivity index (χ1n) is 5.24. The van der Waals surface area contributed by atoms with Crippen molar-refractivity contribution in [3.63, 3.8) is 0 Å². The third kappa shape index (κ3) is 2.42. The van der Waals surface area contributed by atoms with E-state index in [1.807, 2.05) is 20.8 Å². The molecule has 4 nitrogen and oxygen atoms in total. The summed E-state index contributed by atoms with van der Waals surface area (Å²) in [6.45, 7) is 5.80. The van der Waals surface area contributed by atoms with Gasteiger partial charge in [-0.3, -0.25) is 0 Å². The smallest absolute Gasteiger partial charge is 0.391 e. The van der Waals surface area contributed by atoms with Gasteiger partial charge in [-0.05, 0) is 24.3 Å². The summed E-state index contributed by atoms with van der Waals surface area (Å²) in [6.07, 6.45) is 0. The van der Waals surface area contributed by atoms with E-state index in [2.05, 4.69) is 5.10 Å². The van der Waals surface area contributed by atoms with E-state index in [0.717, 1.165) is 0 Å². The molecule has 90 valence electrons. The van der Waals surface area contributed by atoms with E-state index in [-0.39, 0.29) is 5.41 Å². The molecule has 2 aromatic rings. The Morgan fingerprint density at radius 2 is 1.82 bits per heavy atom. The van der Waals surface area contributed by atoms with Crippen molar-refractivity contribution in [2.24, 2.45) is 0 Å². The third-order valence-corrected chi connectivity index (χ3v) is 2.51. The van der Waals surface area contributed by atoms with Crippen molar-refractivity contribution in [1.82, 2.24) is 9.78 Å². The van der Waals surface area contributed by atoms with Gasteiger partial charge in [-0.25, -0.2) is 4.79 Å². The number of benzene rings is 1. The molecule has 0 aliphatic rings. The quantitative estimate of drug-likeness (QED) is 0.784. The first-order chi connectivity index (χ1) is 7.88. The van der Waals surface area contributed by atoms with E-state index in [0.29, 0.717) is 16.6 Å². The SMILES string of the molecule is CC(C)(C)c1nn(-c2ccc(Cl)cc2)c(=O)o1. The predicted octanol–water partition coefficient (Wildman–Crippen LogP) is 2.78. The lowest BCUT2D eigenvalue weighted by atomic mass is 9.97. The normalized spacial score (nSPS) is 11.8. The molecule has 0 radical (unpaired) electrons. The zero-order chi connectivity index (χ0) is 12.6. The van der Waals surface area contributed by atoms with Crippen molar-refractivity contribution >= 4 is 11.6 Å². The molecule has 0 aliphatic heterocycles. The Hall–Kier alpha value is -1.55. The average Bonchev–Trinajstić information content (AvgIpc) is 2.61. The fourth-order valence-corrected chi connectivity index (χ4v) is 1.45. The summed E-state index contributed by atoms with van der Waals surface area (Å²) in [5.74, 6) is -0.0744. The van der Waals surface area contributed by atoms with Crippen LogP contribution in [0.4, 0.5) is 0 Å². The summed E-state index contributed by atoms with van der Waals surface area (Å²) in [6, 6.07) is 6.85. The second-order valence-electron chi connectivity index (χ2n) is 4.81. The number of hydrogen-bond donors (Lipinski definition) is 0. The van der Waals surface area contributed by atoms with Gasteiger partial charge < -0.3 is 4.42 Å². The Bertz CT molecular complexity index is 576. The van der Waals surface area contributed by atoms with E-state index in [1.165, 1.54) is 4.68 Å². The molecule has 1 heterocycles. The highest BCUT2D eigenvalue weighted by Crippen LogP contribution is 2.19. The number of rotatable bonds is 1. The summed E-state index contributed by atoms with van der Waals surface area (Å²) in [7, 11) is 0. The second-order valence-corrected chi connectivity index (χ2v) is 5.25. The zero-order valence-electron chi connectivity index (χ0n) is 9.90. The van der Waals surface area contributed by atoms with Crippen LogP contribution in [0.2, 0.25) is 5.02 Å². The topological polar surface area (TPSA) is 48.0 Å². The van der Waals surface area contributed by atoms with Gasteiger partial charge in [-0.1, -0.05) is 32.4 Å². The van der Waals surface area contributed by atoms with E-state index < -0.39 is 5.76 Å². The molecule has 0 aliphatic carbocycles. The van der Waals surface area contributed by atoms with Crippen molar-refractivity contribution in [1.29, 1.82) is 0 Å². The highest BCUT2D eigenvalue weighted by Gasteiger charge is 2.22. The van der Waals surface area contributed by atoms with Crippen molar-refractivity contribution in [3.8, 4) is 5.69 Å². The fourth-order valence-electron chi connectivity index (χ4n) is 1.33. The predicted molar refractivity (Wildman–Crippen MR) is 65.8 cm³/mol. The molecule has 0 fully saturated rings. The maximum atomic E-state index is 11.7. The lowest BCUT2D eigenvalue weighted by molar-refractivity contribution is 0.375. The Morgan fingerprint density at radius 1 is 1.24 bits per heavy atom. The maximum Gasteiger partial charge on any atom is 0.441 e. The van der Waals surface area contributed by atoms with Crippen LogP contribution in [0.3, 0.4) is 0 Å². The van der Waals surface area contributed by atoms with Crippen LogP contribution in [0, 0.1) is 0 Å². The average molecular weight is 253 g/mol. The van der Waals surface area contributed by atoms with Gasteiger partial charge in [-0.15, -0.1) is 5.10 Å². The van der Waals surface area contributed by atoms with Crippen LogP contribution in [-0.4, -0.2) is 9.78 Å². The molecule has 0 saturated heterocycles. The Balaban J connectivity index is 2.50. The summed E-state index contributed by atoms with van der Waals surface area (Å²) in [5.41, 5.74) is 0.343. The lowest BCUT2D eigenvalue weighted by Gasteiger charge is -2.10. The van der Waals surface area contributed by atoms with E-state index in [1.54, 1.807) is 24.3 Å². The molecule has 0 amide bonds. The molecule has 0 atom stereocenters. The molecule has 0 N–H and O–H groups in total. The summed E-state index contributed by atoms with van der Waals surface area (Å²) in [5, 5.41) is 4.79. The number of halogens is 1. The van der Waals surface area contributed by atoms with Crippen LogP contribution < -0.4 is 5.76 Å². The van der Waals surface area contributed by atoms with E-state index in [4.69, 9.17) is 16.0 Å². The van der Waals surface area contributed by atoms with Gasteiger partial charge in [0.2, 0.25) is 5.89 Å². The van der Waals surface area contributed by atoms with Crippen LogP contribution in [0.5, 0.6) is 0 Å². The number of nitrogens with zero attached hydrogens (tertiary/aromatic N) is 2. The molecule has 0 unspecified atom stereocenters. The molecule has 0 saturated carbocycles. The van der Waals surface area contributed by atoms with Gasteiger partial charge in [0, 0.05) is 10.4 Å². The largest absolute Gasteiger partial charge is 0.441 e. The standard InChI is InChI=1S/C12H13ClN2O2/c1-12(2,3)10-14-15(11(16)17-10)9-6-4-8(13)5-7-9/h4-7H,1-3H3. The van der Waals surface area contributed by atoms with Crippen LogP contribution in [0.1, 0.15) is 26.7 Å². The number of aromatic nitrogens is 2. The first-order valence-corrected chi connectivity index (χ1v) is 5.62. The fraction of sp³-hybridized carbons (Fsp3) is 0.333. The van der Waals surface area contributed by atoms with Crippen molar-refractivity contribution in [2.45, 2.75) is 26.2 Å². The van der Waals surface area contributed by atoms with Crippen molar-refractivity contribution in [2.75, 3.05) is 0 Å². The van der Waals surface area contributed by atoms with Gasteiger partial charge in [0.05, 0.1) is 5.69 Å². The van der Waals surface area contributed by atoms with Gasteiger partial charge in [0.15, 0.2) is 0 Å². The summed E-state index contributed by atoms with van der Waals surface area (Å²) in [4.78, 5) is 11.7. The summed E-state index contributed by atoms with van der Waals surface area (Å²) >= 11 is 5.79. The van der Waals surface area contributed by atoms with Crippen LogP contribution in [0.15, 0.2) is 33.5 Å². The minimum absolute atomic E-state index is 0.295. The van der Waals surface area contributed by atoms with E-state index >= 15 is 0 Å². The van der Waals surface area contributed by atoms with Gasteiger partial charge in [0.1, 0.15) is 0 Å². The third-order valence-electron chi connectivity index (χ3n) is 2.26. The molecule has 5 heteroatoms. The van der Waals surface area contributed by atoms with Crippen LogP contribution in [0.25, 0.3) is 5.69 Å². The van der Waals surface area contributed by atoms with Gasteiger partial charge in [-0.2, -0.15) is 4.68 Å².